The molecular weight excluding hydrogens is 102 g/mol. The Hall–Kier alpha value is -0.970. The standard InChI is InChI=1S/C6H7NO/c1-2-4-7-5-3-6(7)8/h1H,3-5H2. The van der Waals surface area contributed by atoms with Crippen LogP contribution in [0.15, 0.2) is 0 Å². The molecule has 1 fully saturated rings. The maximum absolute atomic E-state index is 10.5. The van der Waals surface area contributed by atoms with Crippen molar-refractivity contribution in [2.45, 2.75) is 6.42 Å². The molecule has 1 saturated heterocycles. The van der Waals surface area contributed by atoms with Crippen LogP contribution >= 0.6 is 0 Å². The summed E-state index contributed by atoms with van der Waals surface area (Å²) in [7, 11) is 0. The zero-order chi connectivity index (χ0) is 5.98. The number of likely N-dealkylation sites (tertiary alicyclic amines) is 1. The summed E-state index contributed by atoms with van der Waals surface area (Å²) in [5.74, 6) is 2.59. The van der Waals surface area contributed by atoms with Crippen molar-refractivity contribution in [3.05, 3.63) is 0 Å². The molecule has 0 aromatic heterocycles. The SMILES string of the molecule is C#CCN1CCC1=O. The monoisotopic (exact) mass is 109 g/mol. The van der Waals surface area contributed by atoms with E-state index in [4.69, 9.17) is 6.42 Å². The van der Waals surface area contributed by atoms with Gasteiger partial charge in [-0.15, -0.1) is 6.42 Å². The lowest BCUT2D eigenvalue weighted by Gasteiger charge is -2.28. The van der Waals surface area contributed by atoms with E-state index in [1.54, 1.807) is 4.90 Å². The molecule has 0 bridgehead atoms. The number of rotatable bonds is 1. The molecule has 0 N–H and O–H groups in total. The predicted molar refractivity (Wildman–Crippen MR) is 30.0 cm³/mol. The Bertz CT molecular complexity index is 145. The van der Waals surface area contributed by atoms with E-state index in [0.717, 1.165) is 6.54 Å². The van der Waals surface area contributed by atoms with Crippen LogP contribution in [0.25, 0.3) is 0 Å². The van der Waals surface area contributed by atoms with E-state index in [0.29, 0.717) is 13.0 Å². The first-order valence-electron chi connectivity index (χ1n) is 2.56. The molecule has 1 amide bonds. The lowest BCUT2D eigenvalue weighted by molar-refractivity contribution is -0.138. The summed E-state index contributed by atoms with van der Waals surface area (Å²) in [5, 5.41) is 0. The summed E-state index contributed by atoms with van der Waals surface area (Å²) in [6, 6.07) is 0. The summed E-state index contributed by atoms with van der Waals surface area (Å²) in [4.78, 5) is 12.1. The first-order chi connectivity index (χ1) is 3.84. The van der Waals surface area contributed by atoms with Crippen molar-refractivity contribution in [3.63, 3.8) is 0 Å². The van der Waals surface area contributed by atoms with Crippen molar-refractivity contribution in [2.24, 2.45) is 0 Å². The van der Waals surface area contributed by atoms with Crippen LogP contribution in [0.2, 0.25) is 0 Å². The van der Waals surface area contributed by atoms with E-state index in [9.17, 15) is 4.79 Å². The molecule has 1 aliphatic rings. The van der Waals surface area contributed by atoms with Crippen molar-refractivity contribution < 1.29 is 4.79 Å². The molecule has 0 spiro atoms. The van der Waals surface area contributed by atoms with Crippen LogP contribution in [0.1, 0.15) is 6.42 Å². The van der Waals surface area contributed by atoms with Gasteiger partial charge in [0.05, 0.1) is 6.54 Å². The van der Waals surface area contributed by atoms with Gasteiger partial charge in [-0.3, -0.25) is 4.79 Å². The van der Waals surface area contributed by atoms with Crippen molar-refractivity contribution in [3.8, 4) is 12.3 Å². The van der Waals surface area contributed by atoms with Crippen LogP contribution < -0.4 is 0 Å². The van der Waals surface area contributed by atoms with Gasteiger partial charge in [0.2, 0.25) is 5.91 Å². The summed E-state index contributed by atoms with van der Waals surface area (Å²) < 4.78 is 0. The highest BCUT2D eigenvalue weighted by Gasteiger charge is 2.21. The molecule has 0 atom stereocenters. The van der Waals surface area contributed by atoms with Gasteiger partial charge in [-0.2, -0.15) is 0 Å². The van der Waals surface area contributed by atoms with E-state index >= 15 is 0 Å². The van der Waals surface area contributed by atoms with E-state index in [1.807, 2.05) is 0 Å². The maximum atomic E-state index is 10.5. The van der Waals surface area contributed by atoms with Gasteiger partial charge < -0.3 is 4.90 Å². The average Bonchev–Trinajstić information content (AvgIpc) is 1.79. The highest BCUT2D eigenvalue weighted by Crippen LogP contribution is 2.05. The van der Waals surface area contributed by atoms with Gasteiger partial charge in [0, 0.05) is 13.0 Å². The molecule has 0 radical (unpaired) electrons. The topological polar surface area (TPSA) is 20.3 Å². The molecule has 0 aromatic rings. The fourth-order valence-corrected chi connectivity index (χ4v) is 0.639. The van der Waals surface area contributed by atoms with E-state index < -0.39 is 0 Å². The van der Waals surface area contributed by atoms with Gasteiger partial charge in [-0.05, 0) is 0 Å². The molecule has 0 unspecified atom stereocenters. The van der Waals surface area contributed by atoms with Crippen molar-refractivity contribution in [1.82, 2.24) is 4.90 Å². The summed E-state index contributed by atoms with van der Waals surface area (Å²) in [5.41, 5.74) is 0. The first kappa shape index (κ1) is 5.17. The second-order valence-electron chi connectivity index (χ2n) is 1.77. The second kappa shape index (κ2) is 1.87. The maximum Gasteiger partial charge on any atom is 0.225 e. The first-order valence-corrected chi connectivity index (χ1v) is 2.56. The number of amides is 1. The number of terminal acetylenes is 1. The van der Waals surface area contributed by atoms with Gasteiger partial charge in [-0.25, -0.2) is 0 Å². The lowest BCUT2D eigenvalue weighted by atomic mass is 10.2. The minimum atomic E-state index is 0.183. The van der Waals surface area contributed by atoms with Crippen molar-refractivity contribution in [2.75, 3.05) is 13.1 Å². The summed E-state index contributed by atoms with van der Waals surface area (Å²) in [6.45, 7) is 1.34. The van der Waals surface area contributed by atoms with Gasteiger partial charge in [0.1, 0.15) is 0 Å². The third-order valence-corrected chi connectivity index (χ3v) is 1.23. The largest absolute Gasteiger partial charge is 0.331 e. The Morgan fingerprint density at radius 2 is 2.62 bits per heavy atom. The van der Waals surface area contributed by atoms with E-state index in [1.165, 1.54) is 0 Å². The van der Waals surface area contributed by atoms with Crippen molar-refractivity contribution >= 4 is 5.91 Å². The normalized spacial score (nSPS) is 17.4. The highest BCUT2D eigenvalue weighted by molar-refractivity contribution is 5.81. The third-order valence-electron chi connectivity index (χ3n) is 1.23. The number of carbonyl (C=O) groups excluding carboxylic acids is 1. The Labute approximate surface area is 48.5 Å². The fourth-order valence-electron chi connectivity index (χ4n) is 0.639. The molecule has 2 heteroatoms. The average molecular weight is 109 g/mol. The minimum Gasteiger partial charge on any atom is -0.331 e. The van der Waals surface area contributed by atoms with Gasteiger partial charge in [0.25, 0.3) is 0 Å². The number of β-lactam (4-membered cyclic amide) rings is 1. The molecule has 1 heterocycles. The van der Waals surface area contributed by atoms with Gasteiger partial charge in [0.15, 0.2) is 0 Å². The van der Waals surface area contributed by atoms with Gasteiger partial charge in [-0.1, -0.05) is 5.92 Å². The Morgan fingerprint density at radius 1 is 1.88 bits per heavy atom. The smallest absolute Gasteiger partial charge is 0.225 e. The van der Waals surface area contributed by atoms with E-state index in [2.05, 4.69) is 5.92 Å². The highest BCUT2D eigenvalue weighted by atomic mass is 16.2. The molecule has 0 aliphatic carbocycles. The van der Waals surface area contributed by atoms with Crippen LogP contribution in [0.5, 0.6) is 0 Å². The summed E-state index contributed by atoms with van der Waals surface area (Å²) >= 11 is 0. The van der Waals surface area contributed by atoms with Crippen LogP contribution in [-0.4, -0.2) is 23.9 Å². The molecule has 0 saturated carbocycles. The number of hydrogen-bond acceptors (Lipinski definition) is 1. The van der Waals surface area contributed by atoms with Crippen LogP contribution in [0.4, 0.5) is 0 Å². The Kier molecular flexibility index (Phi) is 1.21. The van der Waals surface area contributed by atoms with Crippen LogP contribution in [0, 0.1) is 12.3 Å². The zero-order valence-corrected chi connectivity index (χ0v) is 4.55. The summed E-state index contributed by atoms with van der Waals surface area (Å²) in [6.07, 6.45) is 5.64. The third kappa shape index (κ3) is 0.671. The molecule has 1 aliphatic heterocycles. The molecule has 1 rings (SSSR count). The Balaban J connectivity index is 2.30. The number of hydrogen-bond donors (Lipinski definition) is 0. The fraction of sp³-hybridized carbons (Fsp3) is 0.500. The molecular formula is C6H7NO. The lowest BCUT2D eigenvalue weighted by Crippen LogP contribution is -2.43. The molecule has 42 valence electrons. The number of nitrogens with zero attached hydrogens (tertiary/aromatic N) is 1. The molecule has 0 aromatic carbocycles. The Morgan fingerprint density at radius 3 is 2.75 bits per heavy atom. The zero-order valence-electron chi connectivity index (χ0n) is 4.55. The molecule has 8 heavy (non-hydrogen) atoms. The minimum absolute atomic E-state index is 0.183. The van der Waals surface area contributed by atoms with Crippen molar-refractivity contribution in [1.29, 1.82) is 0 Å². The van der Waals surface area contributed by atoms with Crippen LogP contribution in [0.3, 0.4) is 0 Å². The van der Waals surface area contributed by atoms with Crippen LogP contribution in [-0.2, 0) is 4.79 Å². The van der Waals surface area contributed by atoms with E-state index in [-0.39, 0.29) is 5.91 Å². The van der Waals surface area contributed by atoms with Gasteiger partial charge >= 0.3 is 0 Å². The second-order valence-corrected chi connectivity index (χ2v) is 1.77. The number of carbonyl (C=O) groups is 1. The molecule has 2 nitrogen and oxygen atoms in total. The predicted octanol–water partition coefficient (Wildman–Crippen LogP) is -0.148. The quantitative estimate of drug-likeness (QED) is 0.339.